The van der Waals surface area contributed by atoms with Crippen LogP contribution in [0.4, 0.5) is 5.69 Å². The quantitative estimate of drug-likeness (QED) is 0.469. The van der Waals surface area contributed by atoms with Gasteiger partial charge in [0.25, 0.3) is 17.5 Å². The number of fused-ring (bicyclic) bond motifs is 1. The lowest BCUT2D eigenvalue weighted by Crippen LogP contribution is -2.49. The minimum absolute atomic E-state index is 0.0204. The van der Waals surface area contributed by atoms with Crippen molar-refractivity contribution in [3.05, 3.63) is 39.4 Å². The zero-order valence-corrected chi connectivity index (χ0v) is 11.9. The smallest absolute Gasteiger partial charge is 0.282 e. The Hall–Kier alpha value is -2.40. The highest BCUT2D eigenvalue weighted by Gasteiger charge is 2.46. The molecule has 0 aromatic heterocycles. The molecule has 1 fully saturated rings. The summed E-state index contributed by atoms with van der Waals surface area (Å²) < 4.78 is 0. The molecule has 0 spiro atoms. The van der Waals surface area contributed by atoms with E-state index in [4.69, 9.17) is 14.8 Å². The summed E-state index contributed by atoms with van der Waals surface area (Å²) in [6.45, 7) is -0.0136. The van der Waals surface area contributed by atoms with Crippen LogP contribution in [-0.2, 0) is 9.68 Å². The number of hydrogen-bond acceptors (Lipinski definition) is 8. The molecule has 1 aromatic carbocycles. The third kappa shape index (κ3) is 2.57. The molecular weight excluding hydrogens is 310 g/mol. The Bertz CT molecular complexity index is 676. The number of hydroxylamine groups is 2. The Kier molecular flexibility index (Phi) is 4.05. The molecule has 122 valence electrons. The molecule has 2 aliphatic rings. The van der Waals surface area contributed by atoms with Crippen molar-refractivity contribution in [2.24, 2.45) is 0 Å². The van der Waals surface area contributed by atoms with Crippen LogP contribution < -0.4 is 0 Å². The first-order valence-corrected chi connectivity index (χ1v) is 6.88. The summed E-state index contributed by atoms with van der Waals surface area (Å²) >= 11 is 0. The Morgan fingerprint density at radius 3 is 2.83 bits per heavy atom. The van der Waals surface area contributed by atoms with E-state index in [0.29, 0.717) is 0 Å². The van der Waals surface area contributed by atoms with Gasteiger partial charge in [0.05, 0.1) is 30.2 Å². The van der Waals surface area contributed by atoms with Crippen LogP contribution in [0.15, 0.2) is 18.2 Å². The second-order valence-electron chi connectivity index (χ2n) is 4.90. The van der Waals surface area contributed by atoms with Gasteiger partial charge in [-0.25, -0.2) is 9.74 Å². The number of nitro benzene ring substituents is 1. The van der Waals surface area contributed by atoms with Crippen molar-refractivity contribution in [3.63, 3.8) is 0 Å². The topological polar surface area (TPSA) is 122 Å². The van der Waals surface area contributed by atoms with Gasteiger partial charge in [-0.15, -0.1) is 0 Å². The molecule has 3 rings (SSSR count). The molecule has 0 saturated carbocycles. The number of imide groups is 1. The number of aliphatic hydroxyl groups is 1. The monoisotopic (exact) mass is 323 g/mol. The zero-order valence-electron chi connectivity index (χ0n) is 11.9. The van der Waals surface area contributed by atoms with E-state index in [1.54, 1.807) is 0 Å². The minimum atomic E-state index is -0.942. The first-order chi connectivity index (χ1) is 11.0. The van der Waals surface area contributed by atoms with Crippen LogP contribution in [0, 0.1) is 10.1 Å². The zero-order chi connectivity index (χ0) is 16.6. The van der Waals surface area contributed by atoms with E-state index in [-0.39, 0.29) is 37.3 Å². The lowest BCUT2D eigenvalue weighted by atomic mass is 10.1. The lowest BCUT2D eigenvalue weighted by Gasteiger charge is -2.34. The van der Waals surface area contributed by atoms with E-state index < -0.39 is 28.7 Å². The molecule has 0 aliphatic carbocycles. The van der Waals surface area contributed by atoms with Gasteiger partial charge >= 0.3 is 0 Å². The number of aliphatic hydroxyl groups excluding tert-OH is 1. The number of carbonyl (C=O) groups excluding carboxylic acids is 2. The summed E-state index contributed by atoms with van der Waals surface area (Å²) in [4.78, 5) is 46.6. The van der Waals surface area contributed by atoms with Crippen molar-refractivity contribution in [1.29, 1.82) is 0 Å². The van der Waals surface area contributed by atoms with E-state index in [0.717, 1.165) is 10.1 Å². The Balaban J connectivity index is 1.91. The molecule has 1 saturated heterocycles. The molecule has 1 atom stereocenters. The molecule has 0 bridgehead atoms. The first-order valence-electron chi connectivity index (χ1n) is 6.88. The van der Waals surface area contributed by atoms with Gasteiger partial charge in [0.1, 0.15) is 5.56 Å². The van der Waals surface area contributed by atoms with Crippen molar-refractivity contribution in [1.82, 2.24) is 10.1 Å². The van der Waals surface area contributed by atoms with Crippen molar-refractivity contribution in [2.45, 2.75) is 12.6 Å². The summed E-state index contributed by atoms with van der Waals surface area (Å²) in [7, 11) is 0. The molecule has 10 heteroatoms. The largest absolute Gasteiger partial charge is 0.395 e. The fourth-order valence-electron chi connectivity index (χ4n) is 2.55. The normalized spacial score (nSPS) is 21.6. The van der Waals surface area contributed by atoms with Gasteiger partial charge < -0.3 is 5.11 Å². The molecule has 2 heterocycles. The van der Waals surface area contributed by atoms with Crippen LogP contribution in [0.5, 0.6) is 0 Å². The average molecular weight is 323 g/mol. The van der Waals surface area contributed by atoms with Gasteiger partial charge in [-0.2, -0.15) is 0 Å². The molecule has 2 aliphatic heterocycles. The van der Waals surface area contributed by atoms with Crippen LogP contribution in [0.3, 0.4) is 0 Å². The number of rotatable bonds is 4. The van der Waals surface area contributed by atoms with E-state index in [2.05, 4.69) is 0 Å². The highest BCUT2D eigenvalue weighted by atomic mass is 17.0. The van der Waals surface area contributed by atoms with Crippen molar-refractivity contribution >= 4 is 17.5 Å². The second kappa shape index (κ2) is 6.01. The number of benzene rings is 1. The maximum Gasteiger partial charge on any atom is 0.282 e. The van der Waals surface area contributed by atoms with Crippen LogP contribution in [0.25, 0.3) is 0 Å². The number of nitro groups is 1. The fourth-order valence-corrected chi connectivity index (χ4v) is 2.55. The van der Waals surface area contributed by atoms with Gasteiger partial charge in [0.2, 0.25) is 0 Å². The van der Waals surface area contributed by atoms with Crippen LogP contribution in [0.2, 0.25) is 0 Å². The maximum absolute atomic E-state index is 12.5. The highest BCUT2D eigenvalue weighted by Crippen LogP contribution is 2.33. The predicted octanol–water partition coefficient (Wildman–Crippen LogP) is 0.0781. The van der Waals surface area contributed by atoms with Gasteiger partial charge in [0.15, 0.2) is 6.23 Å². The number of carbonyl (C=O) groups is 2. The maximum atomic E-state index is 12.5. The first kappa shape index (κ1) is 15.5. The third-order valence-electron chi connectivity index (χ3n) is 3.53. The Labute approximate surface area is 129 Å². The molecule has 1 aromatic rings. The van der Waals surface area contributed by atoms with Crippen LogP contribution >= 0.6 is 0 Å². The van der Waals surface area contributed by atoms with E-state index in [1.807, 2.05) is 0 Å². The minimum Gasteiger partial charge on any atom is -0.395 e. The molecule has 1 unspecified atom stereocenters. The molecular formula is C13H13N3O7. The second-order valence-corrected chi connectivity index (χ2v) is 4.90. The van der Waals surface area contributed by atoms with Crippen molar-refractivity contribution in [2.75, 3.05) is 19.8 Å². The van der Waals surface area contributed by atoms with Gasteiger partial charge in [0, 0.05) is 12.5 Å². The molecule has 2 amide bonds. The van der Waals surface area contributed by atoms with Gasteiger partial charge in [-0.1, -0.05) is 11.3 Å². The van der Waals surface area contributed by atoms with Gasteiger partial charge in [-0.3, -0.25) is 24.5 Å². The number of nitrogens with zero attached hydrogens (tertiary/aromatic N) is 3. The highest BCUT2D eigenvalue weighted by molar-refractivity contribution is 6.23. The average Bonchev–Trinajstić information content (AvgIpc) is 2.79. The Morgan fingerprint density at radius 1 is 1.35 bits per heavy atom. The standard InChI is InChI=1S/C13H13N3O7/c17-6-5-14-22-7-4-10(23-14)15-12(18)8-2-1-3-9(16(20)21)11(8)13(15)19/h1-3,10,17H,4-7H2. The number of β-amino-alcohol motifs (C(OH)–C–C–N with tert-alkyl or cyclic N) is 1. The summed E-state index contributed by atoms with van der Waals surface area (Å²) in [5.41, 5.74) is -0.665. The van der Waals surface area contributed by atoms with Crippen LogP contribution in [-0.4, -0.2) is 58.0 Å². The van der Waals surface area contributed by atoms with Crippen molar-refractivity contribution in [3.8, 4) is 0 Å². The molecule has 0 radical (unpaired) electrons. The van der Waals surface area contributed by atoms with Crippen LogP contribution in [0.1, 0.15) is 27.1 Å². The van der Waals surface area contributed by atoms with E-state index >= 15 is 0 Å². The number of hydrogen-bond donors (Lipinski definition) is 1. The molecule has 23 heavy (non-hydrogen) atoms. The summed E-state index contributed by atoms with van der Waals surface area (Å²) in [5, 5.41) is 21.0. The SMILES string of the molecule is O=C1c2cccc([N+](=O)[O-])c2C(=O)N1C1CCON(CCO)O1. The van der Waals surface area contributed by atoms with Gasteiger partial charge in [-0.05, 0) is 6.07 Å². The van der Waals surface area contributed by atoms with E-state index in [1.165, 1.54) is 18.2 Å². The third-order valence-corrected chi connectivity index (χ3v) is 3.53. The van der Waals surface area contributed by atoms with E-state index in [9.17, 15) is 19.7 Å². The molecule has 1 N–H and O–H groups in total. The Morgan fingerprint density at radius 2 is 2.13 bits per heavy atom. The summed E-state index contributed by atoms with van der Waals surface area (Å²) in [6, 6.07) is 3.90. The molecule has 10 nitrogen and oxygen atoms in total. The summed E-state index contributed by atoms with van der Waals surface area (Å²) in [5.74, 6) is -1.42. The number of amides is 2. The van der Waals surface area contributed by atoms with Crippen molar-refractivity contribution < 1.29 is 29.3 Å². The lowest BCUT2D eigenvalue weighted by molar-refractivity contribution is -0.425. The predicted molar refractivity (Wildman–Crippen MR) is 72.8 cm³/mol. The summed E-state index contributed by atoms with van der Waals surface area (Å²) in [6.07, 6.45) is -0.719. The fraction of sp³-hybridized carbons (Fsp3) is 0.385.